The van der Waals surface area contributed by atoms with Crippen molar-refractivity contribution in [3.05, 3.63) is 24.3 Å². The smallest absolute Gasteiger partial charge is 0.160 e. The van der Waals surface area contributed by atoms with Crippen LogP contribution in [-0.4, -0.2) is 26.4 Å². The van der Waals surface area contributed by atoms with E-state index in [-0.39, 0.29) is 6.10 Å². The molecule has 0 spiro atoms. The first kappa shape index (κ1) is 14.4. The van der Waals surface area contributed by atoms with Crippen LogP contribution in [-0.2, 0) is 11.8 Å². The molecule has 0 aliphatic rings. The number of hydrogen-bond donors (Lipinski definition) is 2. The van der Waals surface area contributed by atoms with Crippen molar-refractivity contribution in [3.63, 3.8) is 0 Å². The van der Waals surface area contributed by atoms with Crippen LogP contribution in [0.4, 0.5) is 5.82 Å². The van der Waals surface area contributed by atoms with Gasteiger partial charge in [0.05, 0.1) is 11.9 Å². The molecular formula is C13H20N6O. The van der Waals surface area contributed by atoms with E-state index in [2.05, 4.69) is 20.5 Å². The van der Waals surface area contributed by atoms with Gasteiger partial charge in [-0.1, -0.05) is 6.92 Å². The molecule has 108 valence electrons. The van der Waals surface area contributed by atoms with Crippen LogP contribution in [0.25, 0.3) is 11.3 Å². The highest BCUT2D eigenvalue weighted by Gasteiger charge is 2.16. The van der Waals surface area contributed by atoms with Crippen molar-refractivity contribution >= 4 is 5.82 Å². The summed E-state index contributed by atoms with van der Waals surface area (Å²) in [5.74, 6) is 6.67. The van der Waals surface area contributed by atoms with Crippen molar-refractivity contribution in [1.82, 2.24) is 19.7 Å². The van der Waals surface area contributed by atoms with Gasteiger partial charge in [-0.3, -0.25) is 4.68 Å². The summed E-state index contributed by atoms with van der Waals surface area (Å²) in [5.41, 5.74) is 4.26. The molecule has 0 fully saturated rings. The molecule has 0 bridgehead atoms. The van der Waals surface area contributed by atoms with Gasteiger partial charge in [-0.2, -0.15) is 5.10 Å². The SMILES string of the molecule is CCOC(CC)c1nc(NN)cc(-c2cnn(C)c2)n1. The average Bonchev–Trinajstić information content (AvgIpc) is 2.90. The molecule has 0 saturated heterocycles. The minimum absolute atomic E-state index is 0.135. The Balaban J connectivity index is 2.42. The van der Waals surface area contributed by atoms with Crippen molar-refractivity contribution in [3.8, 4) is 11.3 Å². The van der Waals surface area contributed by atoms with Gasteiger partial charge < -0.3 is 10.2 Å². The summed E-state index contributed by atoms with van der Waals surface area (Å²) < 4.78 is 7.39. The normalized spacial score (nSPS) is 12.4. The lowest BCUT2D eigenvalue weighted by molar-refractivity contribution is 0.0536. The van der Waals surface area contributed by atoms with Crippen LogP contribution in [0.3, 0.4) is 0 Å². The van der Waals surface area contributed by atoms with E-state index in [1.807, 2.05) is 27.1 Å². The number of rotatable bonds is 6. The van der Waals surface area contributed by atoms with E-state index in [0.717, 1.165) is 17.7 Å². The van der Waals surface area contributed by atoms with Crippen molar-refractivity contribution in [2.75, 3.05) is 12.0 Å². The Morgan fingerprint density at radius 1 is 1.40 bits per heavy atom. The zero-order valence-corrected chi connectivity index (χ0v) is 12.0. The summed E-state index contributed by atoms with van der Waals surface area (Å²) in [5, 5.41) is 4.15. The number of hydrazine groups is 1. The first-order valence-corrected chi connectivity index (χ1v) is 6.64. The van der Waals surface area contributed by atoms with Crippen LogP contribution < -0.4 is 11.3 Å². The van der Waals surface area contributed by atoms with E-state index in [9.17, 15) is 0 Å². The lowest BCUT2D eigenvalue weighted by Gasteiger charge is -2.15. The highest BCUT2D eigenvalue weighted by Crippen LogP contribution is 2.24. The second kappa shape index (κ2) is 6.44. The van der Waals surface area contributed by atoms with Gasteiger partial charge in [-0.15, -0.1) is 0 Å². The number of nitrogens with two attached hydrogens (primary N) is 1. The first-order valence-electron chi connectivity index (χ1n) is 6.64. The molecule has 0 saturated carbocycles. The molecule has 2 aromatic heterocycles. The van der Waals surface area contributed by atoms with Crippen molar-refractivity contribution < 1.29 is 4.74 Å². The molecule has 1 atom stereocenters. The van der Waals surface area contributed by atoms with E-state index >= 15 is 0 Å². The lowest BCUT2D eigenvalue weighted by Crippen LogP contribution is -2.14. The van der Waals surface area contributed by atoms with Gasteiger partial charge in [0.25, 0.3) is 0 Å². The molecule has 2 heterocycles. The third-order valence-corrected chi connectivity index (χ3v) is 2.92. The van der Waals surface area contributed by atoms with Gasteiger partial charge >= 0.3 is 0 Å². The average molecular weight is 276 g/mol. The predicted molar refractivity (Wildman–Crippen MR) is 76.7 cm³/mol. The number of aromatic nitrogens is 4. The molecule has 2 aromatic rings. The fourth-order valence-corrected chi connectivity index (χ4v) is 1.96. The monoisotopic (exact) mass is 276 g/mol. The number of ether oxygens (including phenoxy) is 1. The van der Waals surface area contributed by atoms with E-state index < -0.39 is 0 Å². The molecule has 20 heavy (non-hydrogen) atoms. The van der Waals surface area contributed by atoms with Gasteiger partial charge in [0.1, 0.15) is 11.9 Å². The van der Waals surface area contributed by atoms with Gasteiger partial charge in [-0.05, 0) is 13.3 Å². The summed E-state index contributed by atoms with van der Waals surface area (Å²) in [4.78, 5) is 8.94. The predicted octanol–water partition coefficient (Wildman–Crippen LogP) is 1.65. The molecule has 1 unspecified atom stereocenters. The molecule has 0 radical (unpaired) electrons. The molecule has 0 aliphatic heterocycles. The van der Waals surface area contributed by atoms with Crippen LogP contribution >= 0.6 is 0 Å². The Labute approximate surface area is 118 Å². The quantitative estimate of drug-likeness (QED) is 0.616. The minimum Gasteiger partial charge on any atom is -0.371 e. The number of hydrogen-bond acceptors (Lipinski definition) is 6. The fraction of sp³-hybridized carbons (Fsp3) is 0.462. The van der Waals surface area contributed by atoms with Crippen LogP contribution in [0, 0.1) is 0 Å². The van der Waals surface area contributed by atoms with Gasteiger partial charge in [0.2, 0.25) is 0 Å². The van der Waals surface area contributed by atoms with Crippen LogP contribution in [0.15, 0.2) is 18.5 Å². The fourth-order valence-electron chi connectivity index (χ4n) is 1.96. The number of nitrogens with zero attached hydrogens (tertiary/aromatic N) is 4. The first-order chi connectivity index (χ1) is 9.67. The zero-order chi connectivity index (χ0) is 14.5. The summed E-state index contributed by atoms with van der Waals surface area (Å²) >= 11 is 0. The highest BCUT2D eigenvalue weighted by molar-refractivity contribution is 5.60. The second-order valence-corrected chi connectivity index (χ2v) is 4.40. The highest BCUT2D eigenvalue weighted by atomic mass is 16.5. The van der Waals surface area contributed by atoms with Crippen molar-refractivity contribution in [2.24, 2.45) is 12.9 Å². The second-order valence-electron chi connectivity index (χ2n) is 4.40. The third-order valence-electron chi connectivity index (χ3n) is 2.92. The van der Waals surface area contributed by atoms with Crippen molar-refractivity contribution in [2.45, 2.75) is 26.4 Å². The molecule has 0 amide bonds. The maximum absolute atomic E-state index is 5.66. The van der Waals surface area contributed by atoms with Crippen LogP contribution in [0.5, 0.6) is 0 Å². The summed E-state index contributed by atoms with van der Waals surface area (Å²) in [6.45, 7) is 4.61. The third kappa shape index (κ3) is 3.12. The molecule has 0 aliphatic carbocycles. The maximum Gasteiger partial charge on any atom is 0.160 e. The van der Waals surface area contributed by atoms with Gasteiger partial charge in [0.15, 0.2) is 5.82 Å². The Hall–Kier alpha value is -1.99. The lowest BCUT2D eigenvalue weighted by atomic mass is 10.2. The Morgan fingerprint density at radius 2 is 2.20 bits per heavy atom. The zero-order valence-electron chi connectivity index (χ0n) is 12.0. The molecule has 7 heteroatoms. The number of nitrogens with one attached hydrogen (secondary N) is 1. The largest absolute Gasteiger partial charge is 0.371 e. The van der Waals surface area contributed by atoms with E-state index in [0.29, 0.717) is 18.2 Å². The van der Waals surface area contributed by atoms with Gasteiger partial charge in [-0.25, -0.2) is 15.8 Å². The molecule has 3 N–H and O–H groups in total. The summed E-state index contributed by atoms with van der Waals surface area (Å²) in [7, 11) is 1.86. The van der Waals surface area contributed by atoms with E-state index in [1.165, 1.54) is 0 Å². The molecule has 7 nitrogen and oxygen atoms in total. The molecular weight excluding hydrogens is 256 g/mol. The number of nitrogen functional groups attached to an aromatic ring is 1. The number of anilines is 1. The topological polar surface area (TPSA) is 90.9 Å². The summed E-state index contributed by atoms with van der Waals surface area (Å²) in [6.07, 6.45) is 4.32. The maximum atomic E-state index is 5.66. The molecule has 2 rings (SSSR count). The number of aryl methyl sites for hydroxylation is 1. The van der Waals surface area contributed by atoms with Gasteiger partial charge in [0, 0.05) is 31.5 Å². The Bertz CT molecular complexity index is 568. The minimum atomic E-state index is -0.135. The van der Waals surface area contributed by atoms with E-state index in [1.54, 1.807) is 16.9 Å². The van der Waals surface area contributed by atoms with E-state index in [4.69, 9.17) is 10.6 Å². The van der Waals surface area contributed by atoms with Crippen LogP contribution in [0.2, 0.25) is 0 Å². The Morgan fingerprint density at radius 3 is 2.75 bits per heavy atom. The standard InChI is InChI=1S/C13H20N6O/c1-4-11(20-5-2)13-16-10(6-12(17-13)18-14)9-7-15-19(3)8-9/h6-8,11H,4-5,14H2,1-3H3,(H,16,17,18). The summed E-state index contributed by atoms with van der Waals surface area (Å²) in [6, 6.07) is 1.79. The Kier molecular flexibility index (Phi) is 4.65. The molecule has 0 aromatic carbocycles. The van der Waals surface area contributed by atoms with Crippen LogP contribution in [0.1, 0.15) is 32.2 Å². The van der Waals surface area contributed by atoms with Crippen molar-refractivity contribution in [1.29, 1.82) is 0 Å².